The van der Waals surface area contributed by atoms with E-state index in [1.165, 1.54) is 29.2 Å². The van der Waals surface area contributed by atoms with Crippen molar-refractivity contribution in [1.82, 2.24) is 15.5 Å². The number of carboxylic acid groups (broad SMARTS) is 1. The monoisotopic (exact) mass is 565 g/mol. The van der Waals surface area contributed by atoms with Crippen LogP contribution in [0.4, 0.5) is 21.9 Å². The molecule has 1 aliphatic rings. The van der Waals surface area contributed by atoms with Gasteiger partial charge in [0.25, 0.3) is 15.9 Å². The van der Waals surface area contributed by atoms with E-state index in [4.69, 9.17) is 5.11 Å². The predicted octanol–water partition coefficient (Wildman–Crippen LogP) is 3.47. The highest BCUT2D eigenvalue weighted by Gasteiger charge is 2.22. The minimum absolute atomic E-state index is 0.0229. The number of hydrogen-bond donors (Lipinski definition) is 5. The lowest BCUT2D eigenvalue weighted by atomic mass is 9.97. The number of piperidine rings is 1. The summed E-state index contributed by atoms with van der Waals surface area (Å²) in [6.45, 7) is 1.04. The average molecular weight is 566 g/mol. The number of sulfonamides is 1. The minimum Gasteiger partial charge on any atom is -0.465 e. The van der Waals surface area contributed by atoms with Crippen LogP contribution < -0.4 is 20.7 Å². The van der Waals surface area contributed by atoms with Gasteiger partial charge in [0, 0.05) is 30.9 Å². The number of hydrogen-bond acceptors (Lipinski definition) is 6. The smallest absolute Gasteiger partial charge is 0.407 e. The molecule has 40 heavy (non-hydrogen) atoms. The van der Waals surface area contributed by atoms with Crippen molar-refractivity contribution in [2.24, 2.45) is 5.92 Å². The molecule has 3 aromatic rings. The highest BCUT2D eigenvalue weighted by atomic mass is 32.2. The SMILES string of the molecule is O=C(CNC(=O)c1ccc(S(=O)(=O)Nc2ccccc2Nc2ccccc2)cc1)NCC1CCN(C(=O)O)CC1. The molecule has 3 aromatic carbocycles. The molecule has 0 bridgehead atoms. The standard InChI is InChI=1S/C28H31N5O6S/c34-26(29-18-20-14-16-33(17-15-20)28(36)37)19-30-27(35)21-10-12-23(13-11-21)40(38,39)32-25-9-5-4-8-24(25)31-22-6-2-1-3-7-22/h1-13,20,31-32H,14-19H2,(H,29,34)(H,30,35)(H,36,37). The summed E-state index contributed by atoms with van der Waals surface area (Å²) in [5.41, 5.74) is 1.96. The summed E-state index contributed by atoms with van der Waals surface area (Å²) in [6.07, 6.45) is 0.393. The number of likely N-dealkylation sites (tertiary alicyclic amines) is 1. The van der Waals surface area contributed by atoms with Crippen LogP contribution in [-0.4, -0.2) is 62.5 Å². The number of amides is 3. The zero-order chi connectivity index (χ0) is 28.5. The van der Waals surface area contributed by atoms with Crippen molar-refractivity contribution >= 4 is 45.0 Å². The van der Waals surface area contributed by atoms with E-state index in [1.807, 2.05) is 30.3 Å². The topological polar surface area (TPSA) is 157 Å². The maximum absolute atomic E-state index is 13.0. The summed E-state index contributed by atoms with van der Waals surface area (Å²) < 4.78 is 28.6. The Morgan fingerprint density at radius 1 is 0.825 bits per heavy atom. The van der Waals surface area contributed by atoms with E-state index in [2.05, 4.69) is 20.7 Å². The maximum atomic E-state index is 13.0. The van der Waals surface area contributed by atoms with Gasteiger partial charge in [0.15, 0.2) is 0 Å². The van der Waals surface area contributed by atoms with Crippen LogP contribution in [0.5, 0.6) is 0 Å². The van der Waals surface area contributed by atoms with Crippen molar-refractivity contribution in [3.63, 3.8) is 0 Å². The largest absolute Gasteiger partial charge is 0.465 e. The van der Waals surface area contributed by atoms with Crippen LogP contribution in [0.25, 0.3) is 0 Å². The first-order valence-corrected chi connectivity index (χ1v) is 14.3. The van der Waals surface area contributed by atoms with Gasteiger partial charge >= 0.3 is 6.09 Å². The van der Waals surface area contributed by atoms with Crippen molar-refractivity contribution in [2.45, 2.75) is 17.7 Å². The van der Waals surface area contributed by atoms with Crippen molar-refractivity contribution in [3.05, 3.63) is 84.4 Å². The molecule has 0 spiro atoms. The highest BCUT2D eigenvalue weighted by Crippen LogP contribution is 2.27. The van der Waals surface area contributed by atoms with Gasteiger partial charge in [-0.3, -0.25) is 14.3 Å². The normalized spacial score (nSPS) is 13.8. The lowest BCUT2D eigenvalue weighted by molar-refractivity contribution is -0.120. The second-order valence-corrected chi connectivity index (χ2v) is 11.0. The van der Waals surface area contributed by atoms with Crippen molar-refractivity contribution in [1.29, 1.82) is 0 Å². The van der Waals surface area contributed by atoms with Crippen LogP contribution in [0, 0.1) is 5.92 Å². The van der Waals surface area contributed by atoms with Gasteiger partial charge in [0.2, 0.25) is 5.91 Å². The molecule has 0 atom stereocenters. The molecule has 3 amide bonds. The van der Waals surface area contributed by atoms with E-state index < -0.39 is 22.0 Å². The molecule has 4 rings (SSSR count). The lowest BCUT2D eigenvalue weighted by Crippen LogP contribution is -2.43. The van der Waals surface area contributed by atoms with Gasteiger partial charge in [0.05, 0.1) is 22.8 Å². The highest BCUT2D eigenvalue weighted by molar-refractivity contribution is 7.92. The summed E-state index contributed by atoms with van der Waals surface area (Å²) >= 11 is 0. The van der Waals surface area contributed by atoms with Crippen molar-refractivity contribution in [2.75, 3.05) is 36.2 Å². The molecule has 1 fully saturated rings. The first-order valence-electron chi connectivity index (χ1n) is 12.8. The summed E-state index contributed by atoms with van der Waals surface area (Å²) in [7, 11) is -3.94. The van der Waals surface area contributed by atoms with Gasteiger partial charge in [0.1, 0.15) is 0 Å². The molecular formula is C28H31N5O6S. The number of para-hydroxylation sites is 3. The third-order valence-electron chi connectivity index (χ3n) is 6.53. The number of nitrogens with one attached hydrogen (secondary N) is 4. The van der Waals surface area contributed by atoms with Gasteiger partial charge < -0.3 is 26.0 Å². The Balaban J connectivity index is 1.28. The molecule has 0 radical (unpaired) electrons. The van der Waals surface area contributed by atoms with Crippen LogP contribution in [-0.2, 0) is 14.8 Å². The number of rotatable bonds is 10. The Morgan fingerprint density at radius 2 is 1.45 bits per heavy atom. The van der Waals surface area contributed by atoms with E-state index in [9.17, 15) is 22.8 Å². The third kappa shape index (κ3) is 7.73. The Hall–Kier alpha value is -4.58. The van der Waals surface area contributed by atoms with E-state index in [0.29, 0.717) is 43.9 Å². The van der Waals surface area contributed by atoms with E-state index in [1.54, 1.807) is 24.3 Å². The number of carbonyl (C=O) groups excluding carboxylic acids is 2. The molecule has 5 N–H and O–H groups in total. The minimum atomic E-state index is -3.94. The van der Waals surface area contributed by atoms with Gasteiger partial charge in [-0.15, -0.1) is 0 Å². The number of benzene rings is 3. The zero-order valence-corrected chi connectivity index (χ0v) is 22.5. The predicted molar refractivity (Wildman–Crippen MR) is 151 cm³/mol. The van der Waals surface area contributed by atoms with Crippen LogP contribution in [0.3, 0.4) is 0 Å². The second-order valence-electron chi connectivity index (χ2n) is 9.37. The Morgan fingerprint density at radius 3 is 2.10 bits per heavy atom. The van der Waals surface area contributed by atoms with Gasteiger partial charge in [-0.25, -0.2) is 13.2 Å². The van der Waals surface area contributed by atoms with E-state index in [-0.39, 0.29) is 28.8 Å². The summed E-state index contributed by atoms with van der Waals surface area (Å²) in [4.78, 5) is 37.0. The van der Waals surface area contributed by atoms with E-state index in [0.717, 1.165) is 5.69 Å². The molecule has 1 saturated heterocycles. The fraction of sp³-hybridized carbons (Fsp3) is 0.250. The Kier molecular flexibility index (Phi) is 9.23. The fourth-order valence-corrected chi connectivity index (χ4v) is 5.34. The molecule has 210 valence electrons. The Bertz CT molecular complexity index is 1440. The van der Waals surface area contributed by atoms with Crippen LogP contribution >= 0.6 is 0 Å². The number of carbonyl (C=O) groups is 3. The number of anilines is 3. The molecule has 0 aliphatic carbocycles. The molecule has 0 unspecified atom stereocenters. The fourth-order valence-electron chi connectivity index (χ4n) is 4.26. The van der Waals surface area contributed by atoms with E-state index >= 15 is 0 Å². The summed E-state index contributed by atoms with van der Waals surface area (Å²) in [5, 5.41) is 17.5. The molecule has 11 nitrogen and oxygen atoms in total. The van der Waals surface area contributed by atoms with Crippen LogP contribution in [0.2, 0.25) is 0 Å². The maximum Gasteiger partial charge on any atom is 0.407 e. The van der Waals surface area contributed by atoms with Gasteiger partial charge in [-0.1, -0.05) is 30.3 Å². The van der Waals surface area contributed by atoms with Crippen LogP contribution in [0.1, 0.15) is 23.2 Å². The molecule has 1 heterocycles. The van der Waals surface area contributed by atoms with Crippen molar-refractivity contribution < 1.29 is 27.9 Å². The van der Waals surface area contributed by atoms with Gasteiger partial charge in [-0.05, 0) is 67.3 Å². The van der Waals surface area contributed by atoms with Crippen molar-refractivity contribution in [3.8, 4) is 0 Å². The molecule has 0 aromatic heterocycles. The molecule has 1 aliphatic heterocycles. The van der Waals surface area contributed by atoms with Gasteiger partial charge in [-0.2, -0.15) is 0 Å². The Labute approximate surface area is 232 Å². The third-order valence-corrected chi connectivity index (χ3v) is 7.91. The first-order chi connectivity index (χ1) is 19.2. The van der Waals surface area contributed by atoms with Crippen LogP contribution in [0.15, 0.2) is 83.8 Å². The molecular weight excluding hydrogens is 534 g/mol. The second kappa shape index (κ2) is 13.0. The summed E-state index contributed by atoms with van der Waals surface area (Å²) in [5.74, 6) is -0.696. The molecule has 12 heteroatoms. The molecule has 0 saturated carbocycles. The quantitative estimate of drug-likeness (QED) is 0.252. The lowest BCUT2D eigenvalue weighted by Gasteiger charge is -2.29. The average Bonchev–Trinajstić information content (AvgIpc) is 2.96. The first kappa shape index (κ1) is 28.4. The number of nitrogens with zero attached hydrogens (tertiary/aromatic N) is 1. The summed E-state index contributed by atoms with van der Waals surface area (Å²) in [6, 6.07) is 21.7. The zero-order valence-electron chi connectivity index (χ0n) is 21.7.